The molecule has 27 heavy (non-hydrogen) atoms. The summed E-state index contributed by atoms with van der Waals surface area (Å²) in [5.41, 5.74) is 8.04. The molecule has 0 nitrogen and oxygen atoms in total. The third kappa shape index (κ3) is 3.30. The van der Waals surface area contributed by atoms with E-state index in [1.54, 1.807) is 10.8 Å². The van der Waals surface area contributed by atoms with E-state index < -0.39 is 0 Å². The molecule has 0 spiro atoms. The van der Waals surface area contributed by atoms with Gasteiger partial charge in [-0.3, -0.25) is 0 Å². The molecule has 2 radical (unpaired) electrons. The molecule has 0 aliphatic heterocycles. The van der Waals surface area contributed by atoms with Crippen molar-refractivity contribution in [3.8, 4) is 11.1 Å². The smallest absolute Gasteiger partial charge is 0.0632 e. The van der Waals surface area contributed by atoms with E-state index in [2.05, 4.69) is 72.8 Å². The SMILES string of the molecule is c1ccc([Si]C2c3ccccc3-c3ccccc32)c(CC2CCCCC2)c1. The van der Waals surface area contributed by atoms with E-state index in [0.29, 0.717) is 5.54 Å². The first-order chi connectivity index (χ1) is 13.4. The summed E-state index contributed by atoms with van der Waals surface area (Å²) in [6.07, 6.45) is 8.42. The van der Waals surface area contributed by atoms with Gasteiger partial charge in [0.15, 0.2) is 0 Å². The molecular formula is C26H26Si. The van der Waals surface area contributed by atoms with Crippen LogP contribution in [0.25, 0.3) is 11.1 Å². The number of benzene rings is 3. The molecule has 0 N–H and O–H groups in total. The van der Waals surface area contributed by atoms with Crippen molar-refractivity contribution in [2.75, 3.05) is 0 Å². The Kier molecular flexibility index (Phi) is 4.71. The summed E-state index contributed by atoms with van der Waals surface area (Å²) in [6, 6.07) is 27.3. The van der Waals surface area contributed by atoms with Crippen molar-refractivity contribution in [2.45, 2.75) is 44.1 Å². The normalized spacial score (nSPS) is 16.9. The maximum atomic E-state index is 2.39. The number of hydrogen-bond acceptors (Lipinski definition) is 0. The monoisotopic (exact) mass is 366 g/mol. The Morgan fingerprint density at radius 1 is 0.667 bits per heavy atom. The molecule has 0 unspecified atom stereocenters. The summed E-state index contributed by atoms with van der Waals surface area (Å²) >= 11 is 0. The van der Waals surface area contributed by atoms with Crippen molar-refractivity contribution >= 4 is 14.7 Å². The van der Waals surface area contributed by atoms with E-state index in [4.69, 9.17) is 0 Å². The number of rotatable bonds is 4. The molecule has 0 amide bonds. The third-order valence-electron chi connectivity index (χ3n) is 6.38. The summed E-state index contributed by atoms with van der Waals surface area (Å²) < 4.78 is 0. The molecule has 1 saturated carbocycles. The molecule has 3 aromatic carbocycles. The molecule has 2 aliphatic carbocycles. The van der Waals surface area contributed by atoms with Gasteiger partial charge >= 0.3 is 0 Å². The Morgan fingerprint density at radius 2 is 1.26 bits per heavy atom. The van der Waals surface area contributed by atoms with Crippen LogP contribution in [0.5, 0.6) is 0 Å². The minimum absolute atomic E-state index is 0.518. The van der Waals surface area contributed by atoms with Crippen molar-refractivity contribution < 1.29 is 0 Å². The highest BCUT2D eigenvalue weighted by atomic mass is 28.2. The summed E-state index contributed by atoms with van der Waals surface area (Å²) in [6.45, 7) is 0. The van der Waals surface area contributed by atoms with Crippen LogP contribution in [0.1, 0.15) is 54.3 Å². The fourth-order valence-electron chi connectivity index (χ4n) is 5.01. The van der Waals surface area contributed by atoms with Crippen LogP contribution in [0.15, 0.2) is 72.8 Å². The third-order valence-corrected chi connectivity index (χ3v) is 8.09. The molecule has 3 aromatic rings. The van der Waals surface area contributed by atoms with Gasteiger partial charge in [0, 0.05) is 5.54 Å². The lowest BCUT2D eigenvalue weighted by Crippen LogP contribution is -2.26. The maximum Gasteiger partial charge on any atom is 0.0953 e. The number of fused-ring (bicyclic) bond motifs is 3. The number of hydrogen-bond donors (Lipinski definition) is 0. The molecule has 0 heterocycles. The lowest BCUT2D eigenvalue weighted by Gasteiger charge is -2.23. The first-order valence-electron chi connectivity index (χ1n) is 10.4. The molecule has 5 rings (SSSR count). The van der Waals surface area contributed by atoms with Crippen LogP contribution in [0.2, 0.25) is 0 Å². The van der Waals surface area contributed by atoms with Crippen molar-refractivity contribution in [3.63, 3.8) is 0 Å². The van der Waals surface area contributed by atoms with Gasteiger partial charge in [0.2, 0.25) is 0 Å². The van der Waals surface area contributed by atoms with Crippen LogP contribution in [0.4, 0.5) is 0 Å². The van der Waals surface area contributed by atoms with E-state index in [1.165, 1.54) is 60.8 Å². The highest BCUT2D eigenvalue weighted by molar-refractivity contribution is 6.57. The van der Waals surface area contributed by atoms with Crippen LogP contribution in [-0.2, 0) is 6.42 Å². The Labute approximate surface area is 165 Å². The van der Waals surface area contributed by atoms with E-state index in [0.717, 1.165) is 15.4 Å². The fraction of sp³-hybridized carbons (Fsp3) is 0.308. The zero-order chi connectivity index (χ0) is 18.1. The van der Waals surface area contributed by atoms with Crippen LogP contribution in [0.3, 0.4) is 0 Å². The highest BCUT2D eigenvalue weighted by Gasteiger charge is 2.29. The predicted molar refractivity (Wildman–Crippen MR) is 116 cm³/mol. The fourth-order valence-corrected chi connectivity index (χ4v) is 6.70. The average Bonchev–Trinajstić information content (AvgIpc) is 3.04. The molecule has 134 valence electrons. The lowest BCUT2D eigenvalue weighted by molar-refractivity contribution is 0.357. The largest absolute Gasteiger partial charge is 0.0953 e. The van der Waals surface area contributed by atoms with Gasteiger partial charge in [0.25, 0.3) is 0 Å². The topological polar surface area (TPSA) is 0 Å². The second-order valence-electron chi connectivity index (χ2n) is 8.12. The van der Waals surface area contributed by atoms with Crippen LogP contribution >= 0.6 is 0 Å². The molecular weight excluding hydrogens is 340 g/mol. The minimum Gasteiger partial charge on any atom is -0.0632 e. The van der Waals surface area contributed by atoms with E-state index in [-0.39, 0.29) is 0 Å². The van der Waals surface area contributed by atoms with Crippen molar-refractivity contribution in [1.82, 2.24) is 0 Å². The van der Waals surface area contributed by atoms with Gasteiger partial charge in [0.1, 0.15) is 0 Å². The Morgan fingerprint density at radius 3 is 1.96 bits per heavy atom. The predicted octanol–water partition coefficient (Wildman–Crippen LogP) is 5.91. The second kappa shape index (κ2) is 7.48. The van der Waals surface area contributed by atoms with E-state index in [9.17, 15) is 0 Å². The molecule has 0 atom stereocenters. The summed E-state index contributed by atoms with van der Waals surface area (Å²) in [5, 5.41) is 1.58. The standard InChI is InChI=1S/C26H26Si/c1-2-10-19(11-3-1)18-20-12-4-9-17-25(20)27-26-23-15-7-5-13-21(23)22-14-6-8-16-24(22)26/h4-9,12-17,19,26H,1-3,10-11,18H2. The highest BCUT2D eigenvalue weighted by Crippen LogP contribution is 2.43. The molecule has 0 saturated heterocycles. The molecule has 0 bridgehead atoms. The van der Waals surface area contributed by atoms with Gasteiger partial charge in [-0.1, -0.05) is 110 Å². The lowest BCUT2D eigenvalue weighted by atomic mass is 9.85. The molecule has 2 aliphatic rings. The Hall–Kier alpha value is -2.12. The van der Waals surface area contributed by atoms with Crippen LogP contribution in [-0.4, -0.2) is 9.52 Å². The van der Waals surface area contributed by atoms with Crippen molar-refractivity contribution in [3.05, 3.63) is 89.5 Å². The zero-order valence-electron chi connectivity index (χ0n) is 15.8. The first kappa shape index (κ1) is 17.0. The quantitative estimate of drug-likeness (QED) is 0.504. The van der Waals surface area contributed by atoms with Crippen molar-refractivity contribution in [2.24, 2.45) is 5.92 Å². The summed E-state index contributed by atoms with van der Waals surface area (Å²) in [7, 11) is 0.812. The summed E-state index contributed by atoms with van der Waals surface area (Å²) in [5.74, 6) is 0.896. The molecule has 1 fully saturated rings. The van der Waals surface area contributed by atoms with Crippen molar-refractivity contribution in [1.29, 1.82) is 0 Å². The van der Waals surface area contributed by atoms with Gasteiger partial charge in [-0.15, -0.1) is 0 Å². The van der Waals surface area contributed by atoms with Crippen LogP contribution in [0, 0.1) is 5.92 Å². The van der Waals surface area contributed by atoms with Gasteiger partial charge in [-0.25, -0.2) is 0 Å². The minimum atomic E-state index is 0.518. The van der Waals surface area contributed by atoms with E-state index in [1.807, 2.05) is 0 Å². The van der Waals surface area contributed by atoms with Gasteiger partial charge < -0.3 is 0 Å². The van der Waals surface area contributed by atoms with Gasteiger partial charge in [-0.05, 0) is 40.2 Å². The second-order valence-corrected chi connectivity index (χ2v) is 9.52. The first-order valence-corrected chi connectivity index (χ1v) is 11.5. The zero-order valence-corrected chi connectivity index (χ0v) is 16.8. The summed E-state index contributed by atoms with van der Waals surface area (Å²) in [4.78, 5) is 0. The van der Waals surface area contributed by atoms with Gasteiger partial charge in [0.05, 0.1) is 9.52 Å². The Balaban J connectivity index is 1.47. The van der Waals surface area contributed by atoms with E-state index >= 15 is 0 Å². The van der Waals surface area contributed by atoms with Gasteiger partial charge in [-0.2, -0.15) is 0 Å². The Bertz CT molecular complexity index is 891. The molecule has 0 aromatic heterocycles. The average molecular weight is 367 g/mol. The van der Waals surface area contributed by atoms with Crippen LogP contribution < -0.4 is 5.19 Å². The maximum absolute atomic E-state index is 2.39. The molecule has 1 heteroatoms.